The highest BCUT2D eigenvalue weighted by atomic mass is 79.9. The number of rotatable bonds is 6. The summed E-state index contributed by atoms with van der Waals surface area (Å²) < 4.78 is 6.61. The summed E-state index contributed by atoms with van der Waals surface area (Å²) in [6.45, 7) is 2.71. The molecule has 138 valence electrons. The van der Waals surface area contributed by atoms with E-state index in [1.165, 1.54) is 19.3 Å². The predicted molar refractivity (Wildman–Crippen MR) is 109 cm³/mol. The molecule has 1 amide bonds. The molecule has 4 nitrogen and oxygen atoms in total. The largest absolute Gasteiger partial charge is 0.493 e. The Morgan fingerprint density at radius 3 is 2.76 bits per heavy atom. The van der Waals surface area contributed by atoms with Crippen molar-refractivity contribution in [1.29, 1.82) is 0 Å². The van der Waals surface area contributed by atoms with Gasteiger partial charge in [0.25, 0.3) is 5.91 Å². The van der Waals surface area contributed by atoms with Gasteiger partial charge in [-0.05, 0) is 49.7 Å². The maximum Gasteiger partial charge on any atom is 0.261 e. The first-order chi connectivity index (χ1) is 12.0. The number of halogens is 1. The van der Waals surface area contributed by atoms with E-state index in [4.69, 9.17) is 17.0 Å². The second-order valence-corrected chi connectivity index (χ2v) is 7.81. The highest BCUT2D eigenvalue weighted by Crippen LogP contribution is 2.24. The van der Waals surface area contributed by atoms with E-state index < -0.39 is 0 Å². The second-order valence-electron chi connectivity index (χ2n) is 6.50. The van der Waals surface area contributed by atoms with Gasteiger partial charge in [-0.2, -0.15) is 0 Å². The van der Waals surface area contributed by atoms with E-state index in [-0.39, 0.29) is 5.91 Å². The van der Waals surface area contributed by atoms with Crippen molar-refractivity contribution in [1.82, 2.24) is 10.2 Å². The zero-order valence-corrected chi connectivity index (χ0v) is 17.4. The number of carbonyl (C=O) groups excluding carboxylic acids is 1. The van der Waals surface area contributed by atoms with Crippen molar-refractivity contribution in [2.24, 2.45) is 0 Å². The Balaban J connectivity index is 2.03. The highest BCUT2D eigenvalue weighted by molar-refractivity contribution is 9.10. The molecule has 1 aromatic carbocycles. The summed E-state index contributed by atoms with van der Waals surface area (Å²) in [6, 6.07) is 5.90. The third kappa shape index (κ3) is 5.96. The van der Waals surface area contributed by atoms with Gasteiger partial charge in [0.05, 0.1) is 12.2 Å². The molecule has 0 heterocycles. The molecule has 0 aromatic heterocycles. The molecule has 0 spiro atoms. The van der Waals surface area contributed by atoms with Crippen molar-refractivity contribution in [3.63, 3.8) is 0 Å². The molecule has 0 bridgehead atoms. The zero-order chi connectivity index (χ0) is 18.2. The van der Waals surface area contributed by atoms with Gasteiger partial charge in [0.1, 0.15) is 5.75 Å². The number of hydrogen-bond acceptors (Lipinski definition) is 3. The van der Waals surface area contributed by atoms with Crippen LogP contribution in [-0.4, -0.2) is 35.6 Å². The van der Waals surface area contributed by atoms with Gasteiger partial charge < -0.3 is 9.64 Å². The number of carbonyl (C=O) groups is 1. The van der Waals surface area contributed by atoms with Crippen LogP contribution < -0.4 is 10.1 Å². The average Bonchev–Trinajstić information content (AvgIpc) is 2.63. The Kier molecular flexibility index (Phi) is 8.16. The smallest absolute Gasteiger partial charge is 0.261 e. The van der Waals surface area contributed by atoms with Crippen molar-refractivity contribution in [3.8, 4) is 5.75 Å². The van der Waals surface area contributed by atoms with Gasteiger partial charge in [-0.1, -0.05) is 48.5 Å². The molecule has 1 aliphatic carbocycles. The lowest BCUT2D eigenvalue weighted by Gasteiger charge is -2.32. The van der Waals surface area contributed by atoms with Crippen molar-refractivity contribution < 1.29 is 9.53 Å². The minimum Gasteiger partial charge on any atom is -0.493 e. The van der Waals surface area contributed by atoms with Gasteiger partial charge in [-0.15, -0.1) is 0 Å². The molecule has 1 N–H and O–H groups in total. The Morgan fingerprint density at radius 2 is 2.08 bits per heavy atom. The van der Waals surface area contributed by atoms with Crippen molar-refractivity contribution in [3.05, 3.63) is 28.2 Å². The molecule has 0 atom stereocenters. The van der Waals surface area contributed by atoms with E-state index in [9.17, 15) is 4.79 Å². The summed E-state index contributed by atoms with van der Waals surface area (Å²) >= 11 is 8.88. The minimum absolute atomic E-state index is 0.222. The van der Waals surface area contributed by atoms with E-state index in [0.717, 1.165) is 30.2 Å². The SMILES string of the molecule is CCCCOc1ccc(Br)cc1C(=O)NC(=S)N(C)C1CCCCC1. The summed E-state index contributed by atoms with van der Waals surface area (Å²) in [7, 11) is 1.97. The molecule has 6 heteroatoms. The third-order valence-corrected chi connectivity index (χ3v) is 5.49. The van der Waals surface area contributed by atoms with Crippen molar-refractivity contribution in [2.75, 3.05) is 13.7 Å². The lowest BCUT2D eigenvalue weighted by atomic mass is 9.95. The molecule has 1 aromatic rings. The number of hydrogen-bond donors (Lipinski definition) is 1. The van der Waals surface area contributed by atoms with Crippen LogP contribution in [0, 0.1) is 0 Å². The Morgan fingerprint density at radius 1 is 1.36 bits per heavy atom. The highest BCUT2D eigenvalue weighted by Gasteiger charge is 2.22. The predicted octanol–water partition coefficient (Wildman–Crippen LogP) is 4.91. The van der Waals surface area contributed by atoms with Gasteiger partial charge in [0.15, 0.2) is 5.11 Å². The lowest BCUT2D eigenvalue weighted by Crippen LogP contribution is -2.46. The van der Waals surface area contributed by atoms with Crippen LogP contribution in [-0.2, 0) is 0 Å². The maximum atomic E-state index is 12.7. The summed E-state index contributed by atoms with van der Waals surface area (Å²) in [6.07, 6.45) is 8.02. The number of unbranched alkanes of at least 4 members (excludes halogenated alkanes) is 1. The standard InChI is InChI=1S/C19H27BrN2O2S/c1-3-4-12-24-17-11-10-14(20)13-16(17)18(23)21-19(25)22(2)15-8-6-5-7-9-15/h10-11,13,15H,3-9,12H2,1-2H3,(H,21,23,25). The fourth-order valence-corrected chi connectivity index (χ4v) is 3.62. The van der Waals surface area contributed by atoms with Gasteiger partial charge in [-0.25, -0.2) is 0 Å². The van der Waals surface area contributed by atoms with Crippen LogP contribution in [0.3, 0.4) is 0 Å². The van der Waals surface area contributed by atoms with Crippen LogP contribution in [0.5, 0.6) is 5.75 Å². The Hall–Kier alpha value is -1.14. The zero-order valence-electron chi connectivity index (χ0n) is 15.0. The van der Waals surface area contributed by atoms with Crippen LogP contribution >= 0.6 is 28.1 Å². The molecule has 1 saturated carbocycles. The summed E-state index contributed by atoms with van der Waals surface area (Å²) in [5.41, 5.74) is 0.505. The Bertz CT molecular complexity index is 603. The van der Waals surface area contributed by atoms with E-state index >= 15 is 0 Å². The number of nitrogens with zero attached hydrogens (tertiary/aromatic N) is 1. The molecule has 1 aliphatic rings. The van der Waals surface area contributed by atoms with Crippen LogP contribution in [0.15, 0.2) is 22.7 Å². The van der Waals surface area contributed by atoms with E-state index in [1.54, 1.807) is 6.07 Å². The van der Waals surface area contributed by atoms with E-state index in [0.29, 0.717) is 29.1 Å². The summed E-state index contributed by atoms with van der Waals surface area (Å²) in [4.78, 5) is 14.8. The van der Waals surface area contributed by atoms with Gasteiger partial charge in [-0.3, -0.25) is 10.1 Å². The fourth-order valence-electron chi connectivity index (χ4n) is 3.02. The first kappa shape index (κ1) is 20.2. The van der Waals surface area contributed by atoms with Crippen LogP contribution in [0.1, 0.15) is 62.2 Å². The van der Waals surface area contributed by atoms with Crippen LogP contribution in [0.4, 0.5) is 0 Å². The van der Waals surface area contributed by atoms with Crippen LogP contribution in [0.25, 0.3) is 0 Å². The van der Waals surface area contributed by atoms with E-state index in [2.05, 4.69) is 28.2 Å². The molecule has 1 fully saturated rings. The average molecular weight is 427 g/mol. The minimum atomic E-state index is -0.222. The molecular formula is C19H27BrN2O2S. The Labute approximate surface area is 164 Å². The summed E-state index contributed by atoms with van der Waals surface area (Å²) in [5.74, 6) is 0.373. The molecule has 0 radical (unpaired) electrons. The lowest BCUT2D eigenvalue weighted by molar-refractivity contribution is 0.0967. The summed E-state index contributed by atoms with van der Waals surface area (Å²) in [5, 5.41) is 3.35. The molecule has 25 heavy (non-hydrogen) atoms. The van der Waals surface area contributed by atoms with Crippen molar-refractivity contribution >= 4 is 39.2 Å². The maximum absolute atomic E-state index is 12.7. The number of thiocarbonyl (C=S) groups is 1. The quantitative estimate of drug-likeness (QED) is 0.518. The third-order valence-electron chi connectivity index (χ3n) is 4.60. The molecule has 2 rings (SSSR count). The molecular weight excluding hydrogens is 400 g/mol. The number of ether oxygens (including phenoxy) is 1. The molecule has 0 unspecified atom stereocenters. The van der Waals surface area contributed by atoms with Gasteiger partial charge in [0.2, 0.25) is 0 Å². The van der Waals surface area contributed by atoms with E-state index in [1.807, 2.05) is 24.1 Å². The van der Waals surface area contributed by atoms with Crippen molar-refractivity contribution in [2.45, 2.75) is 57.9 Å². The monoisotopic (exact) mass is 426 g/mol. The van der Waals surface area contributed by atoms with Gasteiger partial charge >= 0.3 is 0 Å². The normalized spacial score (nSPS) is 14.8. The number of amides is 1. The first-order valence-electron chi connectivity index (χ1n) is 9.03. The number of benzene rings is 1. The molecule has 0 saturated heterocycles. The number of nitrogens with one attached hydrogen (secondary N) is 1. The fraction of sp³-hybridized carbons (Fsp3) is 0.579. The molecule has 0 aliphatic heterocycles. The van der Waals surface area contributed by atoms with Crippen LogP contribution in [0.2, 0.25) is 0 Å². The topological polar surface area (TPSA) is 41.6 Å². The second kappa shape index (κ2) is 10.1. The first-order valence-corrected chi connectivity index (χ1v) is 10.2. The van der Waals surface area contributed by atoms with Gasteiger partial charge in [0, 0.05) is 17.6 Å².